The topological polar surface area (TPSA) is 60.0 Å². The first kappa shape index (κ1) is 13.1. The third-order valence-corrected chi connectivity index (χ3v) is 3.56. The average Bonchev–Trinajstić information content (AvgIpc) is 2.85. The second-order valence-electron chi connectivity index (χ2n) is 5.32. The molecule has 1 atom stereocenters. The zero-order chi connectivity index (χ0) is 14.1. The molecule has 0 fully saturated rings. The van der Waals surface area contributed by atoms with Gasteiger partial charge in [0.15, 0.2) is 5.82 Å². The lowest BCUT2D eigenvalue weighted by molar-refractivity contribution is 0.556. The summed E-state index contributed by atoms with van der Waals surface area (Å²) in [5, 5.41) is 8.04. The van der Waals surface area contributed by atoms with Crippen LogP contribution in [0.3, 0.4) is 0 Å². The van der Waals surface area contributed by atoms with Crippen LogP contribution in [0.1, 0.15) is 18.3 Å². The van der Waals surface area contributed by atoms with Gasteiger partial charge < -0.3 is 15.2 Å². The van der Waals surface area contributed by atoms with Crippen LogP contribution in [-0.4, -0.2) is 27.4 Å². The summed E-state index contributed by atoms with van der Waals surface area (Å²) in [7, 11) is 0. The molecule has 0 saturated heterocycles. The van der Waals surface area contributed by atoms with Crippen LogP contribution in [0.4, 0.5) is 10.1 Å². The average molecular weight is 275 g/mol. The number of fused-ring (bicyclic) bond motifs is 1. The van der Waals surface area contributed by atoms with Crippen molar-refractivity contribution >= 4 is 5.69 Å². The molecule has 0 spiro atoms. The number of halogens is 1. The Bertz CT molecular complexity index is 607. The van der Waals surface area contributed by atoms with E-state index in [9.17, 15) is 4.39 Å². The van der Waals surface area contributed by atoms with Crippen molar-refractivity contribution in [2.75, 3.05) is 11.4 Å². The van der Waals surface area contributed by atoms with E-state index in [0.29, 0.717) is 13.0 Å². The smallest absolute Gasteiger partial charge is 0.152 e. The Morgan fingerprint density at radius 3 is 3.05 bits per heavy atom. The Morgan fingerprint density at radius 1 is 1.40 bits per heavy atom. The van der Waals surface area contributed by atoms with Gasteiger partial charge in [0.25, 0.3) is 0 Å². The molecule has 20 heavy (non-hydrogen) atoms. The molecule has 2 aromatic rings. The Kier molecular flexibility index (Phi) is 3.40. The van der Waals surface area contributed by atoms with Crippen molar-refractivity contribution in [1.82, 2.24) is 14.8 Å². The van der Waals surface area contributed by atoms with E-state index in [4.69, 9.17) is 5.73 Å². The second kappa shape index (κ2) is 5.20. The zero-order valence-electron chi connectivity index (χ0n) is 11.5. The van der Waals surface area contributed by atoms with Crippen molar-refractivity contribution in [3.63, 3.8) is 0 Å². The minimum atomic E-state index is -0.218. The van der Waals surface area contributed by atoms with E-state index in [1.807, 2.05) is 17.6 Å². The molecule has 1 unspecified atom stereocenters. The highest BCUT2D eigenvalue weighted by Gasteiger charge is 2.20. The van der Waals surface area contributed by atoms with E-state index in [2.05, 4.69) is 15.1 Å². The molecule has 2 N–H and O–H groups in total. The van der Waals surface area contributed by atoms with Crippen LogP contribution >= 0.6 is 0 Å². The molecule has 1 aliphatic heterocycles. The molecule has 0 amide bonds. The van der Waals surface area contributed by atoms with Gasteiger partial charge in [0, 0.05) is 24.8 Å². The number of nitrogens with zero attached hydrogens (tertiary/aromatic N) is 4. The molecule has 0 aliphatic carbocycles. The number of aromatic nitrogens is 3. The first-order valence-corrected chi connectivity index (χ1v) is 6.79. The standard InChI is InChI=1S/C14H18FN5/c1-10(16)6-11-7-12(15)2-3-13(11)19-4-5-20-9-17-18-14(20)8-19/h2-3,7,9-10H,4-6,8,16H2,1H3. The van der Waals surface area contributed by atoms with Crippen molar-refractivity contribution in [3.8, 4) is 0 Å². The minimum Gasteiger partial charge on any atom is -0.362 e. The maximum atomic E-state index is 13.5. The van der Waals surface area contributed by atoms with Crippen LogP contribution in [0.25, 0.3) is 0 Å². The Labute approximate surface area is 117 Å². The van der Waals surface area contributed by atoms with E-state index in [1.54, 1.807) is 12.4 Å². The molecule has 0 radical (unpaired) electrons. The van der Waals surface area contributed by atoms with Crippen LogP contribution in [0.15, 0.2) is 24.5 Å². The first-order valence-electron chi connectivity index (χ1n) is 6.79. The predicted molar refractivity (Wildman–Crippen MR) is 74.8 cm³/mol. The summed E-state index contributed by atoms with van der Waals surface area (Å²) in [5.41, 5.74) is 7.86. The maximum Gasteiger partial charge on any atom is 0.152 e. The van der Waals surface area contributed by atoms with Gasteiger partial charge in [0.2, 0.25) is 0 Å². The Balaban J connectivity index is 1.90. The summed E-state index contributed by atoms with van der Waals surface area (Å²) >= 11 is 0. The van der Waals surface area contributed by atoms with Crippen molar-refractivity contribution in [1.29, 1.82) is 0 Å². The van der Waals surface area contributed by atoms with Gasteiger partial charge in [-0.25, -0.2) is 4.39 Å². The van der Waals surface area contributed by atoms with E-state index in [1.165, 1.54) is 6.07 Å². The Hall–Kier alpha value is -1.95. The monoisotopic (exact) mass is 275 g/mol. The second-order valence-corrected chi connectivity index (χ2v) is 5.32. The molecule has 5 nitrogen and oxygen atoms in total. The molecule has 1 aromatic carbocycles. The van der Waals surface area contributed by atoms with E-state index < -0.39 is 0 Å². The predicted octanol–water partition coefficient (Wildman–Crippen LogP) is 1.33. The highest BCUT2D eigenvalue weighted by Crippen LogP contribution is 2.26. The van der Waals surface area contributed by atoms with Gasteiger partial charge in [-0.1, -0.05) is 0 Å². The van der Waals surface area contributed by atoms with Gasteiger partial charge in [0.05, 0.1) is 6.54 Å². The lowest BCUT2D eigenvalue weighted by Gasteiger charge is -2.31. The van der Waals surface area contributed by atoms with Crippen LogP contribution < -0.4 is 10.6 Å². The van der Waals surface area contributed by atoms with Gasteiger partial charge >= 0.3 is 0 Å². The van der Waals surface area contributed by atoms with Crippen LogP contribution in [-0.2, 0) is 19.5 Å². The number of rotatable bonds is 3. The summed E-state index contributed by atoms with van der Waals surface area (Å²) in [6.45, 7) is 4.33. The molecular formula is C14H18FN5. The summed E-state index contributed by atoms with van der Waals surface area (Å²) in [6, 6.07) is 4.92. The highest BCUT2D eigenvalue weighted by molar-refractivity contribution is 5.54. The van der Waals surface area contributed by atoms with Crippen LogP contribution in [0.5, 0.6) is 0 Å². The molecule has 0 saturated carbocycles. The first-order chi connectivity index (χ1) is 9.63. The number of hydrogen-bond donors (Lipinski definition) is 1. The molecule has 0 bridgehead atoms. The quantitative estimate of drug-likeness (QED) is 0.918. The van der Waals surface area contributed by atoms with Gasteiger partial charge in [-0.3, -0.25) is 0 Å². The van der Waals surface area contributed by atoms with Gasteiger partial charge in [-0.15, -0.1) is 10.2 Å². The number of hydrogen-bond acceptors (Lipinski definition) is 4. The largest absolute Gasteiger partial charge is 0.362 e. The fourth-order valence-corrected chi connectivity index (χ4v) is 2.64. The minimum absolute atomic E-state index is 0.00370. The molecule has 2 heterocycles. The fraction of sp³-hybridized carbons (Fsp3) is 0.429. The third kappa shape index (κ3) is 2.51. The molecular weight excluding hydrogens is 257 g/mol. The lowest BCUT2D eigenvalue weighted by atomic mass is 10.0. The van der Waals surface area contributed by atoms with Crippen molar-refractivity contribution in [2.45, 2.75) is 32.5 Å². The number of anilines is 1. The van der Waals surface area contributed by atoms with Crippen LogP contribution in [0.2, 0.25) is 0 Å². The number of nitrogens with two attached hydrogens (primary N) is 1. The maximum absolute atomic E-state index is 13.5. The van der Waals surface area contributed by atoms with E-state index >= 15 is 0 Å². The van der Waals surface area contributed by atoms with Crippen molar-refractivity contribution in [3.05, 3.63) is 41.7 Å². The van der Waals surface area contributed by atoms with Crippen molar-refractivity contribution < 1.29 is 4.39 Å². The summed E-state index contributed by atoms with van der Waals surface area (Å²) < 4.78 is 15.5. The van der Waals surface area contributed by atoms with Gasteiger partial charge in [-0.05, 0) is 37.1 Å². The zero-order valence-corrected chi connectivity index (χ0v) is 11.5. The van der Waals surface area contributed by atoms with Crippen LogP contribution in [0, 0.1) is 5.82 Å². The van der Waals surface area contributed by atoms with Crippen molar-refractivity contribution in [2.24, 2.45) is 5.73 Å². The summed E-state index contributed by atoms with van der Waals surface area (Å²) in [6.07, 6.45) is 2.41. The Morgan fingerprint density at radius 2 is 2.25 bits per heavy atom. The highest BCUT2D eigenvalue weighted by atomic mass is 19.1. The normalized spacial score (nSPS) is 16.1. The van der Waals surface area contributed by atoms with Gasteiger partial charge in [-0.2, -0.15) is 0 Å². The molecule has 1 aromatic heterocycles. The number of benzene rings is 1. The third-order valence-electron chi connectivity index (χ3n) is 3.56. The fourth-order valence-electron chi connectivity index (χ4n) is 2.64. The SMILES string of the molecule is CC(N)Cc1cc(F)ccc1N1CCn2cnnc2C1. The summed E-state index contributed by atoms with van der Waals surface area (Å²) in [4.78, 5) is 2.21. The molecule has 6 heteroatoms. The molecule has 3 rings (SSSR count). The van der Waals surface area contributed by atoms with E-state index in [0.717, 1.165) is 30.2 Å². The molecule has 1 aliphatic rings. The molecule has 106 valence electrons. The van der Waals surface area contributed by atoms with E-state index in [-0.39, 0.29) is 11.9 Å². The van der Waals surface area contributed by atoms with Gasteiger partial charge in [0.1, 0.15) is 12.1 Å². The lowest BCUT2D eigenvalue weighted by Crippen LogP contribution is -2.34. The summed E-state index contributed by atoms with van der Waals surface area (Å²) in [5.74, 6) is 0.719.